The predicted octanol–water partition coefficient (Wildman–Crippen LogP) is 6.10. The van der Waals surface area contributed by atoms with Crippen LogP contribution in [-0.2, 0) is 0 Å². The second kappa shape index (κ2) is 8.35. The fraction of sp³-hybridized carbons (Fsp3) is 0. The van der Waals surface area contributed by atoms with Crippen molar-refractivity contribution in [3.63, 3.8) is 0 Å². The number of primary amides is 1. The van der Waals surface area contributed by atoms with Crippen molar-refractivity contribution in [1.29, 1.82) is 0 Å². The minimum absolute atomic E-state index is 0.187. The lowest BCUT2D eigenvalue weighted by Crippen LogP contribution is -2.13. The van der Waals surface area contributed by atoms with E-state index < -0.39 is 5.91 Å². The van der Waals surface area contributed by atoms with E-state index in [1.165, 1.54) is 12.1 Å². The van der Waals surface area contributed by atoms with Crippen molar-refractivity contribution in [3.05, 3.63) is 101 Å². The highest BCUT2D eigenvalue weighted by atomic mass is 35.5. The number of carbonyl (C=O) groups excluding carboxylic acids is 1. The first-order valence-electron chi connectivity index (χ1n) is 9.10. The molecule has 3 aromatic carbocycles. The molecule has 4 rings (SSSR count). The van der Waals surface area contributed by atoms with Crippen LogP contribution in [0.25, 0.3) is 22.4 Å². The molecule has 6 heteroatoms. The fourth-order valence-corrected chi connectivity index (χ4v) is 3.12. The number of hydrogen-bond acceptors (Lipinski definition) is 3. The maximum absolute atomic E-state index is 13.2. The molecular formula is C24H16ClFN2O2. The Kier molecular flexibility index (Phi) is 5.46. The van der Waals surface area contributed by atoms with Crippen LogP contribution >= 0.6 is 11.6 Å². The van der Waals surface area contributed by atoms with E-state index in [-0.39, 0.29) is 11.5 Å². The van der Waals surface area contributed by atoms with Crippen LogP contribution in [0, 0.1) is 5.82 Å². The molecule has 148 valence electrons. The van der Waals surface area contributed by atoms with Gasteiger partial charge in [-0.25, -0.2) is 9.37 Å². The summed E-state index contributed by atoms with van der Waals surface area (Å²) in [6.45, 7) is 0. The van der Waals surface area contributed by atoms with Crippen LogP contribution in [-0.4, -0.2) is 10.9 Å². The van der Waals surface area contributed by atoms with E-state index in [2.05, 4.69) is 4.98 Å². The summed E-state index contributed by atoms with van der Waals surface area (Å²) in [6, 6.07) is 23.8. The van der Waals surface area contributed by atoms with E-state index in [0.717, 1.165) is 16.7 Å². The predicted molar refractivity (Wildman–Crippen MR) is 115 cm³/mol. The van der Waals surface area contributed by atoms with Gasteiger partial charge < -0.3 is 10.5 Å². The van der Waals surface area contributed by atoms with E-state index in [0.29, 0.717) is 22.2 Å². The number of halogens is 2. The first-order chi connectivity index (χ1) is 14.5. The lowest BCUT2D eigenvalue weighted by Gasteiger charge is -2.14. The molecule has 0 saturated carbocycles. The molecule has 0 saturated heterocycles. The Hall–Kier alpha value is -3.70. The third-order valence-corrected chi connectivity index (χ3v) is 4.73. The van der Waals surface area contributed by atoms with E-state index >= 15 is 0 Å². The van der Waals surface area contributed by atoms with Crippen LogP contribution in [0.1, 0.15) is 10.5 Å². The van der Waals surface area contributed by atoms with Gasteiger partial charge in [-0.1, -0.05) is 29.8 Å². The Morgan fingerprint density at radius 2 is 1.60 bits per heavy atom. The summed E-state index contributed by atoms with van der Waals surface area (Å²) in [4.78, 5) is 15.8. The number of nitrogens with zero attached hydrogens (tertiary/aromatic N) is 1. The van der Waals surface area contributed by atoms with Crippen molar-refractivity contribution in [3.8, 4) is 33.9 Å². The fourth-order valence-electron chi connectivity index (χ4n) is 3.00. The molecule has 0 aliphatic carbocycles. The zero-order valence-corrected chi connectivity index (χ0v) is 16.4. The Morgan fingerprint density at radius 3 is 2.30 bits per heavy atom. The van der Waals surface area contributed by atoms with Gasteiger partial charge in [-0.05, 0) is 72.3 Å². The van der Waals surface area contributed by atoms with Gasteiger partial charge in [-0.3, -0.25) is 4.79 Å². The smallest absolute Gasteiger partial charge is 0.267 e. The molecule has 0 bridgehead atoms. The maximum atomic E-state index is 13.2. The maximum Gasteiger partial charge on any atom is 0.267 e. The molecule has 0 fully saturated rings. The van der Waals surface area contributed by atoms with Crippen molar-refractivity contribution in [2.45, 2.75) is 0 Å². The molecule has 4 aromatic rings. The normalized spacial score (nSPS) is 10.6. The number of rotatable bonds is 5. The Morgan fingerprint density at radius 1 is 0.900 bits per heavy atom. The van der Waals surface area contributed by atoms with Crippen LogP contribution < -0.4 is 10.5 Å². The Labute approximate surface area is 177 Å². The summed E-state index contributed by atoms with van der Waals surface area (Å²) in [5.41, 5.74) is 8.61. The number of carbonyl (C=O) groups is 1. The summed E-state index contributed by atoms with van der Waals surface area (Å²) in [5, 5.41) is 0.617. The van der Waals surface area contributed by atoms with E-state index in [4.69, 9.17) is 22.1 Å². The third-order valence-electron chi connectivity index (χ3n) is 4.47. The van der Waals surface area contributed by atoms with Crippen molar-refractivity contribution in [2.75, 3.05) is 0 Å². The van der Waals surface area contributed by atoms with Crippen molar-refractivity contribution < 1.29 is 13.9 Å². The van der Waals surface area contributed by atoms with Gasteiger partial charge >= 0.3 is 0 Å². The molecule has 0 atom stereocenters. The minimum atomic E-state index is -0.592. The number of hydrogen-bond donors (Lipinski definition) is 1. The number of nitrogens with two attached hydrogens (primary N) is 1. The van der Waals surface area contributed by atoms with Gasteiger partial charge in [-0.2, -0.15) is 0 Å². The number of ether oxygens (including phenoxy) is 1. The van der Waals surface area contributed by atoms with Gasteiger partial charge in [0.25, 0.3) is 5.91 Å². The molecule has 0 aliphatic heterocycles. The Bertz CT molecular complexity index is 1210. The monoisotopic (exact) mass is 418 g/mol. The summed E-state index contributed by atoms with van der Waals surface area (Å²) in [6.07, 6.45) is 0. The quantitative estimate of drug-likeness (QED) is 0.426. The molecular weight excluding hydrogens is 403 g/mol. The lowest BCUT2D eigenvalue weighted by molar-refractivity contribution is 0.0995. The summed E-state index contributed by atoms with van der Waals surface area (Å²) < 4.78 is 19.2. The molecule has 0 unspecified atom stereocenters. The third kappa shape index (κ3) is 4.31. The highest BCUT2D eigenvalue weighted by molar-refractivity contribution is 6.30. The number of amides is 1. The largest absolute Gasteiger partial charge is 0.457 e. The molecule has 1 amide bonds. The van der Waals surface area contributed by atoms with E-state index in [1.807, 2.05) is 24.3 Å². The highest BCUT2D eigenvalue weighted by Gasteiger charge is 2.12. The lowest BCUT2D eigenvalue weighted by atomic mass is 10.00. The molecule has 30 heavy (non-hydrogen) atoms. The first kappa shape index (κ1) is 19.6. The average molecular weight is 419 g/mol. The van der Waals surface area contributed by atoms with Gasteiger partial charge in [0.2, 0.25) is 0 Å². The van der Waals surface area contributed by atoms with Crippen LogP contribution in [0.4, 0.5) is 4.39 Å². The SMILES string of the molecule is NC(=O)c1cccc(-c2ccc(Oc3ccc(F)cc3)c(-c3ccc(Cl)cc3)c2)n1. The van der Waals surface area contributed by atoms with E-state index in [9.17, 15) is 9.18 Å². The molecule has 1 heterocycles. The zero-order valence-electron chi connectivity index (χ0n) is 15.7. The van der Waals surface area contributed by atoms with E-state index in [1.54, 1.807) is 48.5 Å². The van der Waals surface area contributed by atoms with Gasteiger partial charge in [0.15, 0.2) is 0 Å². The average Bonchev–Trinajstić information content (AvgIpc) is 2.76. The molecule has 0 spiro atoms. The number of aromatic nitrogens is 1. The minimum Gasteiger partial charge on any atom is -0.457 e. The molecule has 4 nitrogen and oxygen atoms in total. The number of pyridine rings is 1. The Balaban J connectivity index is 1.80. The van der Waals surface area contributed by atoms with Crippen LogP contribution in [0.15, 0.2) is 84.9 Å². The summed E-state index contributed by atoms with van der Waals surface area (Å²) in [5.74, 6) is 0.161. The number of benzene rings is 3. The zero-order chi connectivity index (χ0) is 21.1. The molecule has 1 aromatic heterocycles. The highest BCUT2D eigenvalue weighted by Crippen LogP contribution is 2.37. The van der Waals surface area contributed by atoms with Gasteiger partial charge in [0, 0.05) is 16.1 Å². The topological polar surface area (TPSA) is 65.2 Å². The summed E-state index contributed by atoms with van der Waals surface area (Å²) in [7, 11) is 0. The first-order valence-corrected chi connectivity index (χ1v) is 9.48. The second-order valence-corrected chi connectivity index (χ2v) is 6.98. The standard InChI is InChI=1S/C24H16ClFN2O2/c25-17-7-4-15(5-8-17)20-14-16(21-2-1-3-22(28-21)24(27)29)6-13-23(20)30-19-11-9-18(26)10-12-19/h1-14H,(H2,27,29). The van der Waals surface area contributed by atoms with Crippen LogP contribution in [0.3, 0.4) is 0 Å². The second-order valence-electron chi connectivity index (χ2n) is 6.55. The van der Waals surface area contributed by atoms with Crippen molar-refractivity contribution >= 4 is 17.5 Å². The molecule has 0 radical (unpaired) electrons. The van der Waals surface area contributed by atoms with Crippen LogP contribution in [0.2, 0.25) is 5.02 Å². The summed E-state index contributed by atoms with van der Waals surface area (Å²) >= 11 is 6.04. The van der Waals surface area contributed by atoms with Gasteiger partial charge in [0.1, 0.15) is 23.0 Å². The molecule has 2 N–H and O–H groups in total. The van der Waals surface area contributed by atoms with Crippen LogP contribution in [0.5, 0.6) is 11.5 Å². The van der Waals surface area contributed by atoms with Gasteiger partial charge in [0.05, 0.1) is 5.69 Å². The molecule has 0 aliphatic rings. The van der Waals surface area contributed by atoms with Crippen molar-refractivity contribution in [2.24, 2.45) is 5.73 Å². The van der Waals surface area contributed by atoms with Crippen molar-refractivity contribution in [1.82, 2.24) is 4.98 Å². The van der Waals surface area contributed by atoms with Gasteiger partial charge in [-0.15, -0.1) is 0 Å².